The van der Waals surface area contributed by atoms with Crippen molar-refractivity contribution < 1.29 is 14.3 Å². The van der Waals surface area contributed by atoms with Crippen molar-refractivity contribution >= 4 is 11.6 Å². The number of aromatic nitrogens is 2. The number of amides is 1. The summed E-state index contributed by atoms with van der Waals surface area (Å²) in [4.78, 5) is 12.6. The zero-order chi connectivity index (χ0) is 18.7. The fraction of sp³-hybridized carbons (Fsp3) is 0.200. The molecule has 26 heavy (non-hydrogen) atoms. The Balaban J connectivity index is 1.93. The van der Waals surface area contributed by atoms with Crippen LogP contribution in [0.5, 0.6) is 11.5 Å². The number of ether oxygens (including phenoxy) is 2. The first-order chi connectivity index (χ1) is 12.5. The number of nitrogens with zero attached hydrogens (tertiary/aromatic N) is 2. The highest BCUT2D eigenvalue weighted by Gasteiger charge is 2.17. The summed E-state index contributed by atoms with van der Waals surface area (Å²) in [7, 11) is 4.99. The number of hydrogen-bond donors (Lipinski definition) is 1. The van der Waals surface area contributed by atoms with Gasteiger partial charge in [0.25, 0.3) is 5.91 Å². The summed E-state index contributed by atoms with van der Waals surface area (Å²) in [5.41, 5.74) is 3.70. The highest BCUT2D eigenvalue weighted by molar-refractivity contribution is 6.04. The van der Waals surface area contributed by atoms with Crippen LogP contribution in [-0.4, -0.2) is 29.9 Å². The van der Waals surface area contributed by atoms with Gasteiger partial charge in [-0.05, 0) is 37.3 Å². The van der Waals surface area contributed by atoms with Gasteiger partial charge in [0, 0.05) is 12.6 Å². The van der Waals surface area contributed by atoms with Crippen molar-refractivity contribution in [2.24, 2.45) is 7.05 Å². The third-order valence-electron chi connectivity index (χ3n) is 4.10. The van der Waals surface area contributed by atoms with Crippen molar-refractivity contribution in [2.45, 2.75) is 6.92 Å². The number of nitrogens with one attached hydrogen (secondary N) is 1. The number of carbonyl (C=O) groups excluding carboxylic acids is 1. The van der Waals surface area contributed by atoms with Crippen LogP contribution in [0.1, 0.15) is 16.1 Å². The summed E-state index contributed by atoms with van der Waals surface area (Å²) >= 11 is 0. The number of rotatable bonds is 5. The summed E-state index contributed by atoms with van der Waals surface area (Å²) in [6.07, 6.45) is 0. The van der Waals surface area contributed by atoms with E-state index in [1.165, 1.54) is 0 Å². The van der Waals surface area contributed by atoms with E-state index < -0.39 is 0 Å². The molecule has 0 aliphatic rings. The van der Waals surface area contributed by atoms with Crippen molar-refractivity contribution in [1.29, 1.82) is 0 Å². The second-order valence-corrected chi connectivity index (χ2v) is 5.90. The molecule has 0 atom stereocenters. The Morgan fingerprint density at radius 1 is 1.04 bits per heavy atom. The van der Waals surface area contributed by atoms with Crippen LogP contribution in [-0.2, 0) is 7.05 Å². The first kappa shape index (κ1) is 17.5. The molecular weight excluding hydrogens is 330 g/mol. The van der Waals surface area contributed by atoms with Gasteiger partial charge in [-0.3, -0.25) is 9.48 Å². The molecule has 0 unspecified atom stereocenters. The van der Waals surface area contributed by atoms with Gasteiger partial charge in [-0.25, -0.2) is 0 Å². The summed E-state index contributed by atoms with van der Waals surface area (Å²) in [5, 5.41) is 7.19. The predicted octanol–water partition coefficient (Wildman–Crippen LogP) is 3.67. The zero-order valence-corrected chi connectivity index (χ0v) is 15.2. The van der Waals surface area contributed by atoms with Gasteiger partial charge in [0.05, 0.1) is 25.6 Å². The number of anilines is 1. The molecule has 1 heterocycles. The fourth-order valence-corrected chi connectivity index (χ4v) is 2.79. The second-order valence-electron chi connectivity index (χ2n) is 5.90. The first-order valence-corrected chi connectivity index (χ1v) is 8.17. The molecule has 2 aromatic carbocycles. The lowest BCUT2D eigenvalue weighted by atomic mass is 10.1. The molecule has 0 aliphatic carbocycles. The van der Waals surface area contributed by atoms with Crippen LogP contribution < -0.4 is 14.8 Å². The second kappa shape index (κ2) is 7.31. The third kappa shape index (κ3) is 3.39. The molecule has 0 fully saturated rings. The molecule has 0 saturated heterocycles. The van der Waals surface area contributed by atoms with Gasteiger partial charge < -0.3 is 14.8 Å². The Hall–Kier alpha value is -3.28. The number of benzene rings is 2. The maximum atomic E-state index is 12.6. The Labute approximate surface area is 152 Å². The predicted molar refractivity (Wildman–Crippen MR) is 101 cm³/mol. The zero-order valence-electron chi connectivity index (χ0n) is 15.2. The van der Waals surface area contributed by atoms with Gasteiger partial charge in [-0.1, -0.05) is 23.8 Å². The topological polar surface area (TPSA) is 65.4 Å². The Kier molecular flexibility index (Phi) is 4.93. The van der Waals surface area contributed by atoms with Crippen LogP contribution in [0.25, 0.3) is 11.3 Å². The van der Waals surface area contributed by atoms with Crippen LogP contribution in [0.4, 0.5) is 5.69 Å². The molecule has 0 spiro atoms. The van der Waals surface area contributed by atoms with Crippen molar-refractivity contribution in [3.8, 4) is 22.8 Å². The van der Waals surface area contributed by atoms with Crippen LogP contribution in [0.15, 0.2) is 48.5 Å². The molecule has 6 nitrogen and oxygen atoms in total. The van der Waals surface area contributed by atoms with Gasteiger partial charge in [-0.15, -0.1) is 0 Å². The Morgan fingerprint density at radius 3 is 2.50 bits per heavy atom. The molecule has 0 bridgehead atoms. The summed E-state index contributed by atoms with van der Waals surface area (Å²) in [6, 6.07) is 14.9. The minimum absolute atomic E-state index is 0.303. The molecule has 3 rings (SSSR count). The summed E-state index contributed by atoms with van der Waals surface area (Å²) < 4.78 is 12.4. The molecular formula is C20H21N3O3. The van der Waals surface area contributed by atoms with Crippen molar-refractivity contribution in [3.05, 3.63) is 59.8 Å². The Bertz CT molecular complexity index is 947. The van der Waals surface area contributed by atoms with Crippen LogP contribution >= 0.6 is 0 Å². The van der Waals surface area contributed by atoms with Gasteiger partial charge in [0.2, 0.25) is 0 Å². The van der Waals surface area contributed by atoms with Crippen LogP contribution in [0, 0.1) is 6.92 Å². The number of methoxy groups -OCH3 is 2. The van der Waals surface area contributed by atoms with Gasteiger partial charge in [0.1, 0.15) is 11.5 Å². The monoisotopic (exact) mass is 351 g/mol. The lowest BCUT2D eigenvalue weighted by Crippen LogP contribution is -2.13. The molecule has 0 aliphatic heterocycles. The number of aryl methyl sites for hydroxylation is 2. The minimum atomic E-state index is -0.303. The van der Waals surface area contributed by atoms with E-state index in [0.29, 0.717) is 17.1 Å². The van der Waals surface area contributed by atoms with E-state index in [1.54, 1.807) is 44.1 Å². The average molecular weight is 351 g/mol. The van der Waals surface area contributed by atoms with E-state index in [4.69, 9.17) is 9.47 Å². The number of hydrogen-bond acceptors (Lipinski definition) is 4. The standard InChI is InChI=1S/C20H21N3O3/c1-13-9-10-18(25-3)14(11-13)17-12-16(22-23(17)2)20(24)21-15-7-5-6-8-19(15)26-4/h5-12H,1-4H3,(H,21,24). The molecule has 3 aromatic rings. The Morgan fingerprint density at radius 2 is 1.77 bits per heavy atom. The van der Waals surface area contributed by atoms with Crippen molar-refractivity contribution in [2.75, 3.05) is 19.5 Å². The SMILES string of the molecule is COc1ccccc1NC(=O)c1cc(-c2cc(C)ccc2OC)n(C)n1. The molecule has 1 aromatic heterocycles. The quantitative estimate of drug-likeness (QED) is 0.762. The van der Waals surface area contributed by atoms with Crippen molar-refractivity contribution in [1.82, 2.24) is 9.78 Å². The highest BCUT2D eigenvalue weighted by Crippen LogP contribution is 2.31. The molecule has 134 valence electrons. The lowest BCUT2D eigenvalue weighted by Gasteiger charge is -2.09. The summed E-state index contributed by atoms with van der Waals surface area (Å²) in [5.74, 6) is 1.02. The van der Waals surface area contributed by atoms with Gasteiger partial charge in [0.15, 0.2) is 5.69 Å². The number of carbonyl (C=O) groups is 1. The van der Waals surface area contributed by atoms with E-state index in [1.807, 2.05) is 37.3 Å². The molecule has 1 N–H and O–H groups in total. The van der Waals surface area contributed by atoms with E-state index in [2.05, 4.69) is 10.4 Å². The lowest BCUT2D eigenvalue weighted by molar-refractivity contribution is 0.102. The third-order valence-corrected chi connectivity index (χ3v) is 4.10. The van der Waals surface area contributed by atoms with Gasteiger partial charge >= 0.3 is 0 Å². The van der Waals surface area contributed by atoms with Gasteiger partial charge in [-0.2, -0.15) is 5.10 Å². The van der Waals surface area contributed by atoms with Crippen molar-refractivity contribution in [3.63, 3.8) is 0 Å². The highest BCUT2D eigenvalue weighted by atomic mass is 16.5. The molecule has 1 amide bonds. The molecule has 0 radical (unpaired) electrons. The first-order valence-electron chi connectivity index (χ1n) is 8.17. The molecule has 0 saturated carbocycles. The maximum absolute atomic E-state index is 12.6. The maximum Gasteiger partial charge on any atom is 0.276 e. The van der Waals surface area contributed by atoms with E-state index >= 15 is 0 Å². The summed E-state index contributed by atoms with van der Waals surface area (Å²) in [6.45, 7) is 2.01. The molecule has 6 heteroatoms. The fourth-order valence-electron chi connectivity index (χ4n) is 2.79. The smallest absolute Gasteiger partial charge is 0.276 e. The van der Waals surface area contributed by atoms with E-state index in [0.717, 1.165) is 22.6 Å². The minimum Gasteiger partial charge on any atom is -0.496 e. The largest absolute Gasteiger partial charge is 0.496 e. The normalized spacial score (nSPS) is 10.5. The number of para-hydroxylation sites is 2. The van der Waals surface area contributed by atoms with E-state index in [-0.39, 0.29) is 5.91 Å². The van der Waals surface area contributed by atoms with Crippen LogP contribution in [0.2, 0.25) is 0 Å². The van der Waals surface area contributed by atoms with E-state index in [9.17, 15) is 4.79 Å². The van der Waals surface area contributed by atoms with Crippen LogP contribution in [0.3, 0.4) is 0 Å². The average Bonchev–Trinajstić information content (AvgIpc) is 3.04.